The van der Waals surface area contributed by atoms with Crippen LogP contribution in [0.15, 0.2) is 0 Å². The van der Waals surface area contributed by atoms with Crippen molar-refractivity contribution >= 4 is 29.8 Å². The Bertz CT molecular complexity index is 11.6. The van der Waals surface area contributed by atoms with E-state index in [4.69, 9.17) is 0 Å². The van der Waals surface area contributed by atoms with E-state index in [9.17, 15) is 0 Å². The van der Waals surface area contributed by atoms with E-state index in [0.717, 1.165) is 0 Å². The summed E-state index contributed by atoms with van der Waals surface area (Å²) in [4.78, 5) is 0. The van der Waals surface area contributed by atoms with Gasteiger partial charge in [0.1, 0.15) is 0 Å². The van der Waals surface area contributed by atoms with Crippen LogP contribution in [-0.2, 0) is 50.3 Å². The summed E-state index contributed by atoms with van der Waals surface area (Å²) in [5, 5.41) is 0. The van der Waals surface area contributed by atoms with Gasteiger partial charge in [-0.1, -0.05) is 0 Å². The molecule has 0 fully saturated rings. The second-order valence-electron chi connectivity index (χ2n) is 0. The zero-order valence-corrected chi connectivity index (χ0v) is 6.74. The van der Waals surface area contributed by atoms with Gasteiger partial charge in [-0.05, 0) is 0 Å². The molecule has 31 valence electrons. The van der Waals surface area contributed by atoms with Gasteiger partial charge in [-0.2, -0.15) is 0 Å². The molecule has 0 aliphatic heterocycles. The third kappa shape index (κ3) is 21.8. The van der Waals surface area contributed by atoms with Crippen molar-refractivity contribution in [2.24, 2.45) is 0 Å². The van der Waals surface area contributed by atoms with Gasteiger partial charge in [-0.3, -0.25) is 0 Å². The van der Waals surface area contributed by atoms with Crippen LogP contribution in [0.3, 0.4) is 0 Å². The Labute approximate surface area is 79.4 Å². The van der Waals surface area contributed by atoms with Crippen LogP contribution in [0.5, 0.6) is 0 Å². The molecule has 7 radical (unpaired) electrons. The van der Waals surface area contributed by atoms with E-state index in [-0.39, 0.29) is 80.2 Å². The van der Waals surface area contributed by atoms with Crippen molar-refractivity contribution in [3.8, 4) is 0 Å². The van der Waals surface area contributed by atoms with Crippen LogP contribution in [0.4, 0.5) is 0 Å². The van der Waals surface area contributed by atoms with Gasteiger partial charge in [-0.15, -0.1) is 0 Å². The first-order valence-electron chi connectivity index (χ1n) is 0. The monoisotopic (exact) mass is 207 g/mol. The van der Waals surface area contributed by atoms with Gasteiger partial charge < -0.3 is 0 Å². The maximum Gasteiger partial charge on any atom is 0 e. The average Bonchev–Trinajstić information content (AvgIpc) is 0. The Morgan fingerprint density at radius 1 is 1.00 bits per heavy atom. The topological polar surface area (TPSA) is 0 Å². The van der Waals surface area contributed by atoms with Crippen molar-refractivity contribution in [3.05, 3.63) is 0 Å². The molecule has 0 aliphatic rings. The average molecular weight is 208 g/mol. The molecule has 0 amide bonds. The number of hydrogen-bond acceptors (Lipinski definition) is 0. The van der Waals surface area contributed by atoms with E-state index < -0.39 is 0 Å². The third-order valence-corrected chi connectivity index (χ3v) is 0. The van der Waals surface area contributed by atoms with Crippen LogP contribution in [-0.4, -0.2) is 29.8 Å². The van der Waals surface area contributed by atoms with Crippen LogP contribution in [0.2, 0.25) is 0 Å². The molecule has 0 aliphatic carbocycles. The first-order chi connectivity index (χ1) is 0. The molecule has 0 atom stereocenters. The fourth-order valence-corrected chi connectivity index (χ4v) is 0. The Hall–Kier alpha value is 2.33. The summed E-state index contributed by atoms with van der Waals surface area (Å²) in [6, 6.07) is 0. The molecule has 0 aromatic heterocycles. The molecule has 0 aromatic rings. The number of rotatable bonds is 0. The van der Waals surface area contributed by atoms with Crippen molar-refractivity contribution < 1.29 is 50.3 Å². The minimum atomic E-state index is 0. The molecular formula is CoLiMnNiSi. The summed E-state index contributed by atoms with van der Waals surface area (Å²) in [5.41, 5.74) is 0. The van der Waals surface area contributed by atoms with Gasteiger partial charge in [0.05, 0.1) is 0 Å². The molecule has 0 rings (SSSR count). The maximum absolute atomic E-state index is 0. The molecule has 0 heterocycles. The first kappa shape index (κ1) is 54.0. The Balaban J connectivity index is 0. The fourth-order valence-electron chi connectivity index (χ4n) is 0. The Kier molecular flexibility index (Phi) is 357. The largest absolute Gasteiger partial charge is 0 e. The van der Waals surface area contributed by atoms with Crippen molar-refractivity contribution in [1.29, 1.82) is 0 Å². The molecule has 0 bridgehead atoms. The normalized spacial score (nSPS) is 0. The minimum Gasteiger partial charge on any atom is 0 e. The maximum atomic E-state index is 0. The second-order valence-corrected chi connectivity index (χ2v) is 0. The predicted octanol–water partition coefficient (Wildman–Crippen LogP) is -0.769. The van der Waals surface area contributed by atoms with Crippen LogP contribution in [0.1, 0.15) is 0 Å². The van der Waals surface area contributed by atoms with Crippen LogP contribution >= 0.6 is 0 Å². The van der Waals surface area contributed by atoms with Gasteiger partial charge in [-0.25, -0.2) is 0 Å². The van der Waals surface area contributed by atoms with Crippen molar-refractivity contribution in [2.75, 3.05) is 0 Å². The summed E-state index contributed by atoms with van der Waals surface area (Å²) < 4.78 is 0. The van der Waals surface area contributed by atoms with Gasteiger partial charge in [0.25, 0.3) is 0 Å². The zero-order valence-electron chi connectivity index (χ0n) is 2.53. The van der Waals surface area contributed by atoms with Gasteiger partial charge in [0.15, 0.2) is 0 Å². The molecule has 0 aromatic carbocycles. The molecule has 0 saturated heterocycles. The van der Waals surface area contributed by atoms with E-state index in [0.29, 0.717) is 0 Å². The van der Waals surface area contributed by atoms with Gasteiger partial charge in [0, 0.05) is 80.2 Å². The molecule has 0 nitrogen and oxygen atoms in total. The zero-order chi connectivity index (χ0) is 0. The summed E-state index contributed by atoms with van der Waals surface area (Å²) in [6.07, 6.45) is 0. The Morgan fingerprint density at radius 2 is 1.00 bits per heavy atom. The quantitative estimate of drug-likeness (QED) is 0.458. The molecule has 0 unspecified atom stereocenters. The standard InChI is InChI=1S/Co.Li.Mn.Ni.Si. The summed E-state index contributed by atoms with van der Waals surface area (Å²) in [7, 11) is 0. The van der Waals surface area contributed by atoms with Gasteiger partial charge in [0.2, 0.25) is 0 Å². The summed E-state index contributed by atoms with van der Waals surface area (Å²) >= 11 is 0. The van der Waals surface area contributed by atoms with Crippen LogP contribution < -0.4 is 0 Å². The first-order valence-corrected chi connectivity index (χ1v) is 0. The molecular weight excluding hydrogens is 208 g/mol. The third-order valence-electron chi connectivity index (χ3n) is 0. The molecule has 0 N–H and O–H groups in total. The minimum absolute atomic E-state index is 0. The Morgan fingerprint density at radius 3 is 1.00 bits per heavy atom. The van der Waals surface area contributed by atoms with E-state index in [1.54, 1.807) is 0 Å². The van der Waals surface area contributed by atoms with Crippen LogP contribution in [0.25, 0.3) is 0 Å². The van der Waals surface area contributed by atoms with Crippen LogP contribution in [0, 0.1) is 0 Å². The summed E-state index contributed by atoms with van der Waals surface area (Å²) in [5.74, 6) is 0. The van der Waals surface area contributed by atoms with E-state index in [2.05, 4.69) is 0 Å². The molecule has 0 saturated carbocycles. The van der Waals surface area contributed by atoms with E-state index >= 15 is 0 Å². The summed E-state index contributed by atoms with van der Waals surface area (Å²) in [6.45, 7) is 0. The SMILES string of the molecule is [Co].[Li].[Mn].[Ni].[Si]. The molecule has 0 spiro atoms. The fraction of sp³-hybridized carbons (Fsp3) is 0. The van der Waals surface area contributed by atoms with Gasteiger partial charge >= 0.3 is 0 Å². The van der Waals surface area contributed by atoms with Crippen molar-refractivity contribution in [2.45, 2.75) is 0 Å². The smallest absolute Gasteiger partial charge is 0 e. The van der Waals surface area contributed by atoms with E-state index in [1.165, 1.54) is 0 Å². The predicted molar refractivity (Wildman–Crippen MR) is 11.5 cm³/mol. The van der Waals surface area contributed by atoms with Crippen molar-refractivity contribution in [1.82, 2.24) is 0 Å². The molecule has 5 heavy (non-hydrogen) atoms. The number of hydrogen-bond donors (Lipinski definition) is 0. The second kappa shape index (κ2) is 33.1. The van der Waals surface area contributed by atoms with Crippen molar-refractivity contribution in [3.63, 3.8) is 0 Å². The molecule has 5 heteroatoms. The van der Waals surface area contributed by atoms with E-state index in [1.807, 2.05) is 0 Å².